The van der Waals surface area contributed by atoms with Gasteiger partial charge in [0.05, 0.1) is 10.2 Å². The minimum Gasteiger partial charge on any atom is -0.303 e. The molecule has 0 aliphatic carbocycles. The van der Waals surface area contributed by atoms with E-state index in [0.29, 0.717) is 6.04 Å². The van der Waals surface area contributed by atoms with Gasteiger partial charge in [0.2, 0.25) is 0 Å². The van der Waals surface area contributed by atoms with Gasteiger partial charge in [-0.1, -0.05) is 12.1 Å². The second-order valence-electron chi connectivity index (χ2n) is 4.63. The lowest BCUT2D eigenvalue weighted by Gasteiger charge is -2.10. The maximum absolute atomic E-state index is 4.64. The number of para-hydroxylation sites is 1. The third kappa shape index (κ3) is 2.86. The first kappa shape index (κ1) is 12.8. The van der Waals surface area contributed by atoms with Gasteiger partial charge in [-0.3, -0.25) is 0 Å². The quantitative estimate of drug-likeness (QED) is 0.763. The first-order chi connectivity index (χ1) is 9.22. The van der Waals surface area contributed by atoms with E-state index in [9.17, 15) is 0 Å². The van der Waals surface area contributed by atoms with Crippen LogP contribution in [0.1, 0.15) is 27.7 Å². The summed E-state index contributed by atoms with van der Waals surface area (Å²) in [6.45, 7) is 5.19. The zero-order valence-corrected chi connectivity index (χ0v) is 12.6. The largest absolute Gasteiger partial charge is 0.303 e. The van der Waals surface area contributed by atoms with Crippen molar-refractivity contribution in [1.29, 1.82) is 0 Å². The Morgan fingerprint density at radius 3 is 2.74 bits per heavy atom. The molecule has 0 aliphatic heterocycles. The van der Waals surface area contributed by atoms with Gasteiger partial charge in [-0.05, 0) is 38.1 Å². The highest BCUT2D eigenvalue weighted by Crippen LogP contribution is 2.24. The average molecular weight is 288 g/mol. The highest BCUT2D eigenvalue weighted by atomic mass is 32.1. The molecule has 0 bridgehead atoms. The number of rotatable bonds is 4. The predicted octanol–water partition coefficient (Wildman–Crippen LogP) is 4.52. The maximum Gasteiger partial charge on any atom is 0.108 e. The van der Waals surface area contributed by atoms with Crippen LogP contribution in [0.5, 0.6) is 0 Å². The van der Waals surface area contributed by atoms with Gasteiger partial charge in [0.25, 0.3) is 0 Å². The molecule has 0 aliphatic rings. The first-order valence-electron chi connectivity index (χ1n) is 6.36. The Balaban J connectivity index is 1.68. The van der Waals surface area contributed by atoms with Gasteiger partial charge in [0.15, 0.2) is 0 Å². The zero-order valence-electron chi connectivity index (χ0n) is 11.0. The molecule has 1 unspecified atom stereocenters. The van der Waals surface area contributed by atoms with Gasteiger partial charge in [-0.25, -0.2) is 4.98 Å². The number of nitrogens with zero attached hydrogens (tertiary/aromatic N) is 1. The smallest absolute Gasteiger partial charge is 0.108 e. The van der Waals surface area contributed by atoms with Crippen LogP contribution in [-0.2, 0) is 6.54 Å². The first-order valence-corrected chi connectivity index (χ1v) is 8.00. The average Bonchev–Trinajstić information content (AvgIpc) is 3.01. The summed E-state index contributed by atoms with van der Waals surface area (Å²) in [5.74, 6) is 0. The normalized spacial score (nSPS) is 12.9. The molecule has 1 N–H and O–H groups in total. The van der Waals surface area contributed by atoms with Crippen molar-refractivity contribution in [3.8, 4) is 0 Å². The van der Waals surface area contributed by atoms with E-state index in [1.54, 1.807) is 11.3 Å². The molecule has 0 spiro atoms. The molecule has 1 atom stereocenters. The van der Waals surface area contributed by atoms with Crippen LogP contribution in [0.15, 0.2) is 36.4 Å². The monoisotopic (exact) mass is 288 g/mol. The van der Waals surface area contributed by atoms with E-state index in [2.05, 4.69) is 54.5 Å². The van der Waals surface area contributed by atoms with Gasteiger partial charge in [0, 0.05) is 22.3 Å². The third-order valence-electron chi connectivity index (χ3n) is 3.09. The number of benzene rings is 1. The van der Waals surface area contributed by atoms with E-state index in [0.717, 1.165) is 17.1 Å². The molecule has 19 heavy (non-hydrogen) atoms. The number of hydrogen-bond donors (Lipinski definition) is 1. The Kier molecular flexibility index (Phi) is 3.64. The summed E-state index contributed by atoms with van der Waals surface area (Å²) in [4.78, 5) is 7.40. The number of nitrogens with one attached hydrogen (secondary N) is 1. The SMILES string of the molecule is Cc1ccc(C(C)NCc2nc3ccccc3s2)s1. The van der Waals surface area contributed by atoms with Gasteiger partial charge in [-0.2, -0.15) is 0 Å². The fourth-order valence-corrected chi connectivity index (χ4v) is 3.84. The number of hydrogen-bond acceptors (Lipinski definition) is 4. The molecule has 0 saturated carbocycles. The van der Waals surface area contributed by atoms with Crippen LogP contribution < -0.4 is 5.32 Å². The number of thiazole rings is 1. The van der Waals surface area contributed by atoms with E-state index in [4.69, 9.17) is 0 Å². The summed E-state index contributed by atoms with van der Waals surface area (Å²) in [5.41, 5.74) is 1.10. The van der Waals surface area contributed by atoms with Crippen molar-refractivity contribution in [2.24, 2.45) is 0 Å². The van der Waals surface area contributed by atoms with E-state index >= 15 is 0 Å². The summed E-state index contributed by atoms with van der Waals surface area (Å²) in [7, 11) is 0. The van der Waals surface area contributed by atoms with Crippen molar-refractivity contribution < 1.29 is 0 Å². The second kappa shape index (κ2) is 5.41. The van der Waals surface area contributed by atoms with Crippen LogP contribution >= 0.6 is 22.7 Å². The molecule has 3 rings (SSSR count). The van der Waals surface area contributed by atoms with Crippen molar-refractivity contribution in [2.75, 3.05) is 0 Å². The van der Waals surface area contributed by atoms with Crippen molar-refractivity contribution >= 4 is 32.9 Å². The lowest BCUT2D eigenvalue weighted by molar-refractivity contribution is 0.582. The summed E-state index contributed by atoms with van der Waals surface area (Å²) >= 11 is 3.63. The zero-order chi connectivity index (χ0) is 13.2. The lowest BCUT2D eigenvalue weighted by atomic mass is 10.3. The van der Waals surface area contributed by atoms with Crippen molar-refractivity contribution in [1.82, 2.24) is 10.3 Å². The minimum absolute atomic E-state index is 0.380. The molecule has 4 heteroatoms. The number of thiophene rings is 1. The predicted molar refractivity (Wildman–Crippen MR) is 83.9 cm³/mol. The topological polar surface area (TPSA) is 24.9 Å². The highest BCUT2D eigenvalue weighted by Gasteiger charge is 2.09. The molecule has 2 aromatic heterocycles. The Hall–Kier alpha value is -1.23. The van der Waals surface area contributed by atoms with Crippen LogP contribution in [0.25, 0.3) is 10.2 Å². The van der Waals surface area contributed by atoms with Crippen LogP contribution in [0, 0.1) is 6.92 Å². The van der Waals surface area contributed by atoms with E-state index in [1.807, 2.05) is 17.4 Å². The molecule has 2 heterocycles. The molecule has 1 aromatic carbocycles. The molecule has 0 saturated heterocycles. The Morgan fingerprint density at radius 1 is 1.16 bits per heavy atom. The van der Waals surface area contributed by atoms with Gasteiger partial charge < -0.3 is 5.32 Å². The number of fused-ring (bicyclic) bond motifs is 1. The minimum atomic E-state index is 0.380. The third-order valence-corrected chi connectivity index (χ3v) is 5.31. The van der Waals surface area contributed by atoms with Crippen LogP contribution in [0.4, 0.5) is 0 Å². The van der Waals surface area contributed by atoms with Gasteiger partial charge in [-0.15, -0.1) is 22.7 Å². The molecule has 98 valence electrons. The molecule has 0 fully saturated rings. The van der Waals surface area contributed by atoms with Crippen LogP contribution in [0.2, 0.25) is 0 Å². The molecular formula is C15H16N2S2. The van der Waals surface area contributed by atoms with Crippen molar-refractivity contribution in [2.45, 2.75) is 26.4 Å². The van der Waals surface area contributed by atoms with E-state index in [-0.39, 0.29) is 0 Å². The van der Waals surface area contributed by atoms with Gasteiger partial charge in [0.1, 0.15) is 5.01 Å². The number of aryl methyl sites for hydroxylation is 1. The molecule has 0 radical (unpaired) electrons. The highest BCUT2D eigenvalue weighted by molar-refractivity contribution is 7.18. The van der Waals surface area contributed by atoms with E-state index < -0.39 is 0 Å². The second-order valence-corrected chi connectivity index (χ2v) is 7.06. The molecule has 3 aromatic rings. The lowest BCUT2D eigenvalue weighted by Crippen LogP contribution is -2.16. The number of aromatic nitrogens is 1. The molecule has 0 amide bonds. The fourth-order valence-electron chi connectivity index (χ4n) is 2.02. The van der Waals surface area contributed by atoms with Gasteiger partial charge >= 0.3 is 0 Å². The molecule has 2 nitrogen and oxygen atoms in total. The summed E-state index contributed by atoms with van der Waals surface area (Å²) in [5, 5.41) is 4.70. The standard InChI is InChI=1S/C15H16N2S2/c1-10-7-8-13(18-10)11(2)16-9-15-17-12-5-3-4-6-14(12)19-15/h3-8,11,16H,9H2,1-2H3. The van der Waals surface area contributed by atoms with Crippen LogP contribution in [0.3, 0.4) is 0 Å². The fraction of sp³-hybridized carbons (Fsp3) is 0.267. The summed E-state index contributed by atoms with van der Waals surface area (Å²) < 4.78 is 1.26. The Labute approximate surface area is 121 Å². The Bertz CT molecular complexity index is 651. The maximum atomic E-state index is 4.64. The summed E-state index contributed by atoms with van der Waals surface area (Å²) in [6, 6.07) is 13.1. The molecular weight excluding hydrogens is 272 g/mol. The Morgan fingerprint density at radius 2 is 2.00 bits per heavy atom. The summed E-state index contributed by atoms with van der Waals surface area (Å²) in [6.07, 6.45) is 0. The van der Waals surface area contributed by atoms with Crippen LogP contribution in [-0.4, -0.2) is 4.98 Å². The van der Waals surface area contributed by atoms with Crippen molar-refractivity contribution in [3.63, 3.8) is 0 Å². The van der Waals surface area contributed by atoms with Crippen molar-refractivity contribution in [3.05, 3.63) is 51.2 Å². The van der Waals surface area contributed by atoms with E-state index in [1.165, 1.54) is 14.5 Å².